The number of hydrogen-bond acceptors (Lipinski definition) is 12. The van der Waals surface area contributed by atoms with Gasteiger partial charge in [0.2, 0.25) is 0 Å². The smallest absolute Gasteiger partial charge is 0.472 e. The largest absolute Gasteiger partial charge is 0.508 e. The highest BCUT2D eigenvalue weighted by Gasteiger charge is 2.49. The van der Waals surface area contributed by atoms with Crippen molar-refractivity contribution in [2.75, 3.05) is 25.6 Å². The Kier molecular flexibility index (Phi) is 10.5. The van der Waals surface area contributed by atoms with Gasteiger partial charge in [-0.15, -0.1) is 11.8 Å². The molecule has 0 unspecified atom stereocenters. The summed E-state index contributed by atoms with van der Waals surface area (Å²) in [6.07, 6.45) is -5.15. The minimum Gasteiger partial charge on any atom is -0.472 e. The third-order valence-corrected chi connectivity index (χ3v) is 5.35. The fraction of sp³-hybridized carbons (Fsp3) is 0.579. The number of pyridine rings is 1. The van der Waals surface area contributed by atoms with Crippen LogP contribution >= 0.6 is 23.4 Å². The lowest BCUT2D eigenvalue weighted by atomic mass is 10.1. The number of halogens is 1. The van der Waals surface area contributed by atoms with Gasteiger partial charge >= 0.3 is 18.5 Å². The molecule has 0 aromatic carbocycles. The summed E-state index contributed by atoms with van der Waals surface area (Å²) in [4.78, 5) is 40.0. The van der Waals surface area contributed by atoms with Crippen molar-refractivity contribution in [3.05, 3.63) is 23.5 Å². The molecule has 1 aromatic heterocycles. The summed E-state index contributed by atoms with van der Waals surface area (Å²) < 4.78 is 36.4. The number of nitrogens with zero attached hydrogens (tertiary/aromatic N) is 1. The summed E-state index contributed by atoms with van der Waals surface area (Å²) in [6.45, 7) is 4.96. The van der Waals surface area contributed by atoms with E-state index in [0.717, 1.165) is 11.8 Å². The Morgan fingerprint density at radius 3 is 2.09 bits per heavy atom. The fourth-order valence-electron chi connectivity index (χ4n) is 2.60. The van der Waals surface area contributed by atoms with E-state index >= 15 is 0 Å². The molecule has 1 aromatic rings. The van der Waals surface area contributed by atoms with Crippen LogP contribution in [0.15, 0.2) is 18.3 Å². The van der Waals surface area contributed by atoms with Gasteiger partial charge in [0.15, 0.2) is 34.7 Å². The van der Waals surface area contributed by atoms with E-state index in [2.05, 4.69) is 4.98 Å². The van der Waals surface area contributed by atoms with E-state index in [1.807, 2.05) is 0 Å². The molecule has 0 bridgehead atoms. The zero-order valence-electron chi connectivity index (χ0n) is 17.7. The highest BCUT2D eigenvalue weighted by atomic mass is 35.5. The van der Waals surface area contributed by atoms with Crippen molar-refractivity contribution in [3.63, 3.8) is 0 Å². The lowest BCUT2D eigenvalue weighted by molar-refractivity contribution is -0.119. The summed E-state index contributed by atoms with van der Waals surface area (Å²) >= 11 is 7.21. The van der Waals surface area contributed by atoms with Gasteiger partial charge in [-0.1, -0.05) is 11.6 Å². The lowest BCUT2D eigenvalue weighted by Gasteiger charge is -2.39. The quantitative estimate of drug-likeness (QED) is 0.296. The Bertz CT molecular complexity index is 782. The molecular weight excluding hydrogens is 470 g/mol. The molecule has 2 rings (SSSR count). The van der Waals surface area contributed by atoms with E-state index < -0.39 is 42.2 Å². The second-order valence-corrected chi connectivity index (χ2v) is 7.47. The molecule has 1 saturated heterocycles. The molecule has 1 aliphatic rings. The summed E-state index contributed by atoms with van der Waals surface area (Å²) in [5.74, 6) is 0.331. The van der Waals surface area contributed by atoms with Crippen molar-refractivity contribution in [2.45, 2.75) is 44.5 Å². The number of rotatable bonds is 8. The predicted octanol–water partition coefficient (Wildman–Crippen LogP) is 3.81. The Hall–Kier alpha value is -2.60. The molecule has 178 valence electrons. The predicted molar refractivity (Wildman–Crippen MR) is 112 cm³/mol. The van der Waals surface area contributed by atoms with Gasteiger partial charge in [0.25, 0.3) is 0 Å². The Morgan fingerprint density at radius 1 is 0.969 bits per heavy atom. The van der Waals surface area contributed by atoms with Crippen LogP contribution in [0, 0.1) is 0 Å². The van der Waals surface area contributed by atoms with Crippen LogP contribution in [0.5, 0.6) is 5.75 Å². The van der Waals surface area contributed by atoms with Crippen LogP contribution in [-0.2, 0) is 28.4 Å². The van der Waals surface area contributed by atoms with Gasteiger partial charge in [-0.05, 0) is 32.9 Å². The van der Waals surface area contributed by atoms with E-state index in [-0.39, 0.29) is 36.5 Å². The van der Waals surface area contributed by atoms with Crippen molar-refractivity contribution in [1.29, 1.82) is 0 Å². The van der Waals surface area contributed by atoms with Crippen molar-refractivity contribution in [2.24, 2.45) is 0 Å². The molecule has 0 aliphatic carbocycles. The van der Waals surface area contributed by atoms with Crippen LogP contribution < -0.4 is 4.74 Å². The molecule has 4 atom stereocenters. The van der Waals surface area contributed by atoms with Gasteiger partial charge < -0.3 is 33.2 Å². The maximum absolute atomic E-state index is 12.1. The molecule has 1 aliphatic heterocycles. The van der Waals surface area contributed by atoms with E-state index in [1.54, 1.807) is 32.9 Å². The molecule has 0 amide bonds. The van der Waals surface area contributed by atoms with Crippen LogP contribution in [0.4, 0.5) is 14.4 Å². The summed E-state index contributed by atoms with van der Waals surface area (Å²) in [7, 11) is 0. The first-order valence-electron chi connectivity index (χ1n) is 9.78. The molecular formula is C19H24ClNO10S. The highest BCUT2D eigenvalue weighted by molar-refractivity contribution is 7.99. The van der Waals surface area contributed by atoms with E-state index in [9.17, 15) is 14.4 Å². The molecule has 2 heterocycles. The highest BCUT2D eigenvalue weighted by Crippen LogP contribution is 2.36. The van der Waals surface area contributed by atoms with Gasteiger partial charge in [0.05, 0.1) is 19.8 Å². The zero-order chi connectivity index (χ0) is 23.5. The van der Waals surface area contributed by atoms with Crippen LogP contribution in [0.3, 0.4) is 0 Å². The van der Waals surface area contributed by atoms with Crippen molar-refractivity contribution in [1.82, 2.24) is 4.98 Å². The fourth-order valence-corrected chi connectivity index (χ4v) is 3.97. The molecule has 0 spiro atoms. The second kappa shape index (κ2) is 13.1. The lowest BCUT2D eigenvalue weighted by Crippen LogP contribution is -2.56. The van der Waals surface area contributed by atoms with Gasteiger partial charge in [-0.25, -0.2) is 19.4 Å². The van der Waals surface area contributed by atoms with Gasteiger partial charge in [0.1, 0.15) is 0 Å². The maximum Gasteiger partial charge on any atom is 0.508 e. The number of carbonyl (C=O) groups excluding carboxylic acids is 3. The second-order valence-electron chi connectivity index (χ2n) is 5.98. The Labute approximate surface area is 193 Å². The molecule has 1 fully saturated rings. The number of thioether (sulfide) groups is 1. The van der Waals surface area contributed by atoms with Crippen LogP contribution in [0.25, 0.3) is 0 Å². The topological polar surface area (TPSA) is 129 Å². The number of ether oxygens (including phenoxy) is 7. The van der Waals surface area contributed by atoms with Crippen LogP contribution in [0.1, 0.15) is 20.8 Å². The van der Waals surface area contributed by atoms with Crippen molar-refractivity contribution >= 4 is 41.8 Å². The van der Waals surface area contributed by atoms with Crippen molar-refractivity contribution in [3.8, 4) is 5.75 Å². The first-order chi connectivity index (χ1) is 15.4. The van der Waals surface area contributed by atoms with E-state index in [1.165, 1.54) is 6.20 Å². The number of hydrogen-bond donors (Lipinski definition) is 0. The minimum absolute atomic E-state index is 0.0400. The van der Waals surface area contributed by atoms with Crippen LogP contribution in [0.2, 0.25) is 5.15 Å². The number of carbonyl (C=O) groups is 3. The number of aromatic nitrogens is 1. The standard InChI is InChI=1S/C19H24ClNO10S/c1-4-25-17(22)29-12-10-32-16(28-11-8-7-9-21-15(11)20)14(31-19(24)27-6-3)13(12)30-18(23)26-5-2/h7-9,12-14,16H,4-6,10H2,1-3H3/t12-,13+,14-,16+/m1/s1. The molecule has 11 nitrogen and oxygen atoms in total. The van der Waals surface area contributed by atoms with Crippen molar-refractivity contribution < 1.29 is 47.5 Å². The van der Waals surface area contributed by atoms with Crippen LogP contribution in [-0.4, -0.2) is 72.8 Å². The SMILES string of the molecule is CCOC(=O)O[C@@H]1[C@@H](OC(=O)OCC)[C@@H](Oc2cccnc2Cl)SC[C@H]1OC(=O)OCC. The third-order valence-electron chi connectivity index (χ3n) is 3.85. The van der Waals surface area contributed by atoms with Gasteiger partial charge in [-0.2, -0.15) is 0 Å². The first-order valence-corrected chi connectivity index (χ1v) is 11.2. The maximum atomic E-state index is 12.1. The molecule has 13 heteroatoms. The summed E-state index contributed by atoms with van der Waals surface area (Å²) in [5, 5.41) is 0.0794. The molecule has 0 radical (unpaired) electrons. The first kappa shape index (κ1) is 25.7. The van der Waals surface area contributed by atoms with E-state index in [0.29, 0.717) is 0 Å². The third kappa shape index (κ3) is 7.52. The normalized spacial score (nSPS) is 22.2. The molecule has 32 heavy (non-hydrogen) atoms. The Balaban J connectivity index is 2.33. The summed E-state index contributed by atoms with van der Waals surface area (Å²) in [6, 6.07) is 3.18. The zero-order valence-corrected chi connectivity index (χ0v) is 19.3. The molecule has 0 saturated carbocycles. The Morgan fingerprint density at radius 2 is 1.53 bits per heavy atom. The molecule has 0 N–H and O–H groups in total. The minimum atomic E-state index is -1.29. The van der Waals surface area contributed by atoms with Gasteiger partial charge in [-0.3, -0.25) is 0 Å². The average molecular weight is 494 g/mol. The van der Waals surface area contributed by atoms with E-state index in [4.69, 9.17) is 44.8 Å². The average Bonchev–Trinajstić information content (AvgIpc) is 2.74. The monoisotopic (exact) mass is 493 g/mol. The van der Waals surface area contributed by atoms with Gasteiger partial charge in [0, 0.05) is 11.9 Å². The summed E-state index contributed by atoms with van der Waals surface area (Å²) in [5.41, 5.74) is -0.914.